The zero-order valence-corrected chi connectivity index (χ0v) is 20.6. The van der Waals surface area contributed by atoms with Crippen LogP contribution < -0.4 is 33.2 Å². The number of imidazole rings is 1. The lowest BCUT2D eigenvalue weighted by Crippen LogP contribution is -2.57. The number of carbonyl (C=O) groups excluding carboxylic acids is 3. The number of aliphatic imine (C=N–C) groups is 1. The predicted molar refractivity (Wildman–Crippen MR) is 132 cm³/mol. The van der Waals surface area contributed by atoms with Crippen molar-refractivity contribution in [1.82, 2.24) is 25.9 Å². The van der Waals surface area contributed by atoms with E-state index in [2.05, 4.69) is 30.9 Å². The molecule has 0 saturated carbocycles. The van der Waals surface area contributed by atoms with Crippen molar-refractivity contribution in [2.45, 2.75) is 56.8 Å². The van der Waals surface area contributed by atoms with Gasteiger partial charge >= 0.3 is 5.97 Å². The molecule has 1 heterocycles. The molecule has 14 nitrogen and oxygen atoms in total. The van der Waals surface area contributed by atoms with Gasteiger partial charge in [-0.2, -0.15) is 11.8 Å². The normalized spacial score (nSPS) is 14.1. The van der Waals surface area contributed by atoms with Gasteiger partial charge in [0.25, 0.3) is 0 Å². The van der Waals surface area contributed by atoms with Crippen LogP contribution in [0.2, 0.25) is 0 Å². The first-order valence-electron chi connectivity index (χ1n) is 11.0. The molecule has 11 N–H and O–H groups in total. The third-order valence-electron chi connectivity index (χ3n) is 4.83. The molecule has 0 radical (unpaired) electrons. The summed E-state index contributed by atoms with van der Waals surface area (Å²) in [4.78, 5) is 60.3. The summed E-state index contributed by atoms with van der Waals surface area (Å²) in [6.07, 6.45) is 5.54. The average Bonchev–Trinajstić information content (AvgIpc) is 3.30. The largest absolute Gasteiger partial charge is 0.480 e. The first kappa shape index (κ1) is 29.7. The van der Waals surface area contributed by atoms with Gasteiger partial charge in [0.1, 0.15) is 18.1 Å². The van der Waals surface area contributed by atoms with E-state index in [0.29, 0.717) is 17.9 Å². The Morgan fingerprint density at radius 2 is 1.71 bits per heavy atom. The van der Waals surface area contributed by atoms with E-state index in [4.69, 9.17) is 17.2 Å². The van der Waals surface area contributed by atoms with Crippen molar-refractivity contribution < 1.29 is 24.3 Å². The molecule has 0 aliphatic rings. The number of amides is 3. The quantitative estimate of drug-likeness (QED) is 0.0664. The van der Waals surface area contributed by atoms with Crippen LogP contribution in [0.1, 0.15) is 31.9 Å². The molecule has 4 atom stereocenters. The highest BCUT2D eigenvalue weighted by Crippen LogP contribution is 2.06. The number of aromatic nitrogens is 2. The van der Waals surface area contributed by atoms with Gasteiger partial charge < -0.3 is 43.2 Å². The van der Waals surface area contributed by atoms with Crippen molar-refractivity contribution in [3.05, 3.63) is 18.2 Å². The van der Waals surface area contributed by atoms with Gasteiger partial charge in [0.15, 0.2) is 5.96 Å². The zero-order valence-electron chi connectivity index (χ0n) is 19.8. The number of aromatic amines is 1. The lowest BCUT2D eigenvalue weighted by atomic mass is 10.1. The first-order valence-corrected chi connectivity index (χ1v) is 12.4. The fraction of sp³-hybridized carbons (Fsp3) is 0.600. The Bertz CT molecular complexity index is 859. The number of aliphatic carboxylic acids is 1. The van der Waals surface area contributed by atoms with Crippen LogP contribution in [0.5, 0.6) is 0 Å². The number of hydrogen-bond acceptors (Lipinski definition) is 8. The summed E-state index contributed by atoms with van der Waals surface area (Å²) in [5.41, 5.74) is 16.7. The van der Waals surface area contributed by atoms with Crippen molar-refractivity contribution >= 4 is 41.4 Å². The summed E-state index contributed by atoms with van der Waals surface area (Å²) >= 11 is 1.46. The molecular formula is C20H35N9O5S. The third kappa shape index (κ3) is 11.6. The predicted octanol–water partition coefficient (Wildman–Crippen LogP) is -2.35. The van der Waals surface area contributed by atoms with Crippen LogP contribution in [-0.2, 0) is 25.6 Å². The minimum atomic E-state index is -1.22. The van der Waals surface area contributed by atoms with Gasteiger partial charge in [0.2, 0.25) is 17.7 Å². The van der Waals surface area contributed by atoms with Gasteiger partial charge in [0.05, 0.1) is 12.4 Å². The Labute approximate surface area is 207 Å². The van der Waals surface area contributed by atoms with Gasteiger partial charge in [-0.05, 0) is 38.2 Å². The maximum Gasteiger partial charge on any atom is 0.326 e. The molecule has 196 valence electrons. The van der Waals surface area contributed by atoms with Crippen LogP contribution in [-0.4, -0.2) is 87.4 Å². The Hall–Kier alpha value is -3.33. The Morgan fingerprint density at radius 3 is 2.26 bits per heavy atom. The van der Waals surface area contributed by atoms with E-state index >= 15 is 0 Å². The molecule has 0 aliphatic heterocycles. The van der Waals surface area contributed by atoms with E-state index in [-0.39, 0.29) is 31.8 Å². The van der Waals surface area contributed by atoms with Crippen LogP contribution in [0.25, 0.3) is 0 Å². The van der Waals surface area contributed by atoms with Gasteiger partial charge in [-0.15, -0.1) is 0 Å². The number of hydrogen-bond donors (Lipinski definition) is 8. The second-order valence-electron chi connectivity index (χ2n) is 7.82. The van der Waals surface area contributed by atoms with E-state index in [1.807, 2.05) is 6.26 Å². The van der Waals surface area contributed by atoms with Gasteiger partial charge in [-0.1, -0.05) is 0 Å². The van der Waals surface area contributed by atoms with Gasteiger partial charge in [-0.3, -0.25) is 19.4 Å². The van der Waals surface area contributed by atoms with Crippen molar-refractivity contribution in [2.75, 3.05) is 18.6 Å². The SMILES string of the molecule is CSCCC(NC(=O)C(Cc1cnc[nH]1)NC(=O)C(C)N)C(=O)NC(CCCN=C(N)N)C(=O)O. The Morgan fingerprint density at radius 1 is 1.09 bits per heavy atom. The molecule has 0 spiro atoms. The van der Waals surface area contributed by atoms with Gasteiger partial charge in [-0.25, -0.2) is 9.78 Å². The standard InChI is InChI=1S/C20H35N9O5S/c1-11(21)16(30)29-15(8-12-9-24-10-26-12)18(32)27-13(5-7-35-2)17(31)28-14(19(33)34)4-3-6-25-20(22)23/h9-11,13-15H,3-8,21H2,1-2H3,(H,24,26)(H,27,32)(H,28,31)(H,29,30)(H,33,34)(H4,22,23,25). The monoisotopic (exact) mass is 513 g/mol. The maximum absolute atomic E-state index is 13.1. The molecule has 0 saturated heterocycles. The molecule has 1 rings (SSSR count). The van der Waals surface area contributed by atoms with Crippen molar-refractivity contribution in [2.24, 2.45) is 22.2 Å². The van der Waals surface area contributed by atoms with Crippen LogP contribution in [0.3, 0.4) is 0 Å². The van der Waals surface area contributed by atoms with Crippen LogP contribution in [0.15, 0.2) is 17.5 Å². The minimum absolute atomic E-state index is 0.0870. The number of carboxylic acids is 1. The number of carbonyl (C=O) groups is 4. The molecule has 0 fully saturated rings. The fourth-order valence-corrected chi connectivity index (χ4v) is 3.41. The third-order valence-corrected chi connectivity index (χ3v) is 5.47. The van der Waals surface area contributed by atoms with Crippen LogP contribution >= 0.6 is 11.8 Å². The molecule has 15 heteroatoms. The van der Waals surface area contributed by atoms with Crippen molar-refractivity contribution in [3.63, 3.8) is 0 Å². The highest BCUT2D eigenvalue weighted by Gasteiger charge is 2.30. The molecule has 3 amide bonds. The lowest BCUT2D eigenvalue weighted by Gasteiger charge is -2.24. The Kier molecular flexibility index (Phi) is 13.2. The molecule has 0 aliphatic carbocycles. The second-order valence-corrected chi connectivity index (χ2v) is 8.81. The second kappa shape index (κ2) is 15.5. The highest BCUT2D eigenvalue weighted by molar-refractivity contribution is 7.98. The molecular weight excluding hydrogens is 478 g/mol. The maximum atomic E-state index is 13.1. The molecule has 1 aromatic heterocycles. The van der Waals surface area contributed by atoms with Crippen LogP contribution in [0.4, 0.5) is 0 Å². The van der Waals surface area contributed by atoms with Crippen LogP contribution in [0, 0.1) is 0 Å². The van der Waals surface area contributed by atoms with E-state index in [0.717, 1.165) is 0 Å². The summed E-state index contributed by atoms with van der Waals surface area (Å²) < 4.78 is 0. The molecule has 4 unspecified atom stereocenters. The average molecular weight is 514 g/mol. The number of rotatable bonds is 16. The van der Waals surface area contributed by atoms with Crippen molar-refractivity contribution in [3.8, 4) is 0 Å². The number of carboxylic acid groups (broad SMARTS) is 1. The number of nitrogens with two attached hydrogens (primary N) is 3. The summed E-state index contributed by atoms with van der Waals surface area (Å²) in [5.74, 6) is -2.62. The fourth-order valence-electron chi connectivity index (χ4n) is 2.94. The van der Waals surface area contributed by atoms with E-state index < -0.39 is 47.9 Å². The molecule has 0 bridgehead atoms. The number of thioether (sulfide) groups is 1. The molecule has 1 aromatic rings. The first-order chi connectivity index (χ1) is 16.5. The number of nitrogens with one attached hydrogen (secondary N) is 4. The Balaban J connectivity index is 2.93. The molecule has 35 heavy (non-hydrogen) atoms. The lowest BCUT2D eigenvalue weighted by molar-refractivity contribution is -0.142. The summed E-state index contributed by atoms with van der Waals surface area (Å²) in [6, 6.07) is -4.10. The number of guanidine groups is 1. The zero-order chi connectivity index (χ0) is 26.4. The molecule has 0 aromatic carbocycles. The summed E-state index contributed by atoms with van der Waals surface area (Å²) in [7, 11) is 0. The highest BCUT2D eigenvalue weighted by atomic mass is 32.2. The topological polar surface area (TPSA) is 244 Å². The smallest absolute Gasteiger partial charge is 0.326 e. The summed E-state index contributed by atoms with van der Waals surface area (Å²) in [6.45, 7) is 1.69. The minimum Gasteiger partial charge on any atom is -0.480 e. The van der Waals surface area contributed by atoms with E-state index in [9.17, 15) is 24.3 Å². The van der Waals surface area contributed by atoms with Gasteiger partial charge in [0, 0.05) is 24.9 Å². The number of nitrogens with zero attached hydrogens (tertiary/aromatic N) is 2. The van der Waals surface area contributed by atoms with E-state index in [1.54, 1.807) is 0 Å². The van der Waals surface area contributed by atoms with Crippen molar-refractivity contribution in [1.29, 1.82) is 0 Å². The van der Waals surface area contributed by atoms with E-state index in [1.165, 1.54) is 31.2 Å². The number of H-pyrrole nitrogens is 1. The summed E-state index contributed by atoms with van der Waals surface area (Å²) in [5, 5.41) is 17.2.